The van der Waals surface area contributed by atoms with Gasteiger partial charge in [0.2, 0.25) is 0 Å². The van der Waals surface area contributed by atoms with E-state index in [1.165, 1.54) is 6.07 Å². The van der Waals surface area contributed by atoms with E-state index in [0.29, 0.717) is 22.4 Å². The van der Waals surface area contributed by atoms with Gasteiger partial charge in [-0.2, -0.15) is 0 Å². The number of nitrogens with zero attached hydrogens (tertiary/aromatic N) is 1. The first-order chi connectivity index (χ1) is 11.8. The smallest absolute Gasteiger partial charge is 0.343 e. The molecule has 5 nitrogen and oxygen atoms in total. The zero-order valence-corrected chi connectivity index (χ0v) is 14.7. The maximum atomic E-state index is 12.5. The fourth-order valence-electron chi connectivity index (χ4n) is 2.55. The number of aryl methyl sites for hydroxylation is 1. The van der Waals surface area contributed by atoms with E-state index in [2.05, 4.69) is 4.98 Å². The van der Waals surface area contributed by atoms with E-state index in [4.69, 9.17) is 4.74 Å². The Bertz CT molecular complexity index is 1060. The van der Waals surface area contributed by atoms with Crippen LogP contribution in [0.4, 0.5) is 0 Å². The number of carbonyl (C=O) groups is 1. The van der Waals surface area contributed by atoms with Gasteiger partial charge in [0, 0.05) is 17.3 Å². The van der Waals surface area contributed by atoms with Crippen LogP contribution in [0.1, 0.15) is 21.6 Å². The van der Waals surface area contributed by atoms with Crippen LogP contribution in [0.25, 0.3) is 10.9 Å². The van der Waals surface area contributed by atoms with Crippen LogP contribution < -0.4 is 4.74 Å². The number of rotatable bonds is 4. The SMILES string of the molecule is Cc1ccc2cccc(OC(=O)c3cccc(CS(C)(=O)=O)c3)c2n1. The molecule has 25 heavy (non-hydrogen) atoms. The van der Waals surface area contributed by atoms with Crippen LogP contribution in [-0.2, 0) is 15.6 Å². The Morgan fingerprint density at radius 2 is 1.84 bits per heavy atom. The highest BCUT2D eigenvalue weighted by Gasteiger charge is 2.13. The minimum absolute atomic E-state index is 0.122. The minimum Gasteiger partial charge on any atom is -0.421 e. The molecule has 0 atom stereocenters. The number of pyridine rings is 1. The van der Waals surface area contributed by atoms with Crippen LogP contribution in [0, 0.1) is 6.92 Å². The number of benzene rings is 2. The lowest BCUT2D eigenvalue weighted by Gasteiger charge is -2.08. The number of fused-ring (bicyclic) bond motifs is 1. The Kier molecular flexibility index (Phi) is 4.55. The summed E-state index contributed by atoms with van der Waals surface area (Å²) in [6, 6.07) is 15.6. The lowest BCUT2D eigenvalue weighted by Crippen LogP contribution is -2.10. The van der Waals surface area contributed by atoms with Crippen LogP contribution in [0.2, 0.25) is 0 Å². The maximum absolute atomic E-state index is 12.5. The van der Waals surface area contributed by atoms with Crippen molar-refractivity contribution in [1.29, 1.82) is 0 Å². The molecule has 1 aromatic heterocycles. The molecule has 0 radical (unpaired) electrons. The van der Waals surface area contributed by atoms with E-state index < -0.39 is 15.8 Å². The van der Waals surface area contributed by atoms with Gasteiger partial charge in [0.15, 0.2) is 15.6 Å². The highest BCUT2D eigenvalue weighted by Crippen LogP contribution is 2.25. The molecular weight excluding hydrogens is 338 g/mol. The monoisotopic (exact) mass is 355 g/mol. The molecule has 0 aliphatic heterocycles. The molecule has 0 fully saturated rings. The maximum Gasteiger partial charge on any atom is 0.343 e. The van der Waals surface area contributed by atoms with Crippen molar-refractivity contribution in [3.63, 3.8) is 0 Å². The second-order valence-electron chi connectivity index (χ2n) is 5.94. The number of aromatic nitrogens is 1. The van der Waals surface area contributed by atoms with E-state index in [1.807, 2.05) is 25.1 Å². The second kappa shape index (κ2) is 6.64. The first-order valence-corrected chi connectivity index (χ1v) is 9.73. The van der Waals surface area contributed by atoms with Gasteiger partial charge in [-0.05, 0) is 36.8 Å². The van der Waals surface area contributed by atoms with Gasteiger partial charge in [0.25, 0.3) is 0 Å². The molecular formula is C19H17NO4S. The van der Waals surface area contributed by atoms with Crippen molar-refractivity contribution in [1.82, 2.24) is 4.98 Å². The molecule has 0 aliphatic rings. The number of hydrogen-bond acceptors (Lipinski definition) is 5. The number of sulfone groups is 1. The van der Waals surface area contributed by atoms with Gasteiger partial charge in [-0.3, -0.25) is 0 Å². The third kappa shape index (κ3) is 4.22. The molecule has 3 aromatic rings. The van der Waals surface area contributed by atoms with Gasteiger partial charge in [-0.1, -0.05) is 30.3 Å². The Morgan fingerprint density at radius 1 is 1.08 bits per heavy atom. The third-order valence-electron chi connectivity index (χ3n) is 3.62. The first kappa shape index (κ1) is 17.1. The highest BCUT2D eigenvalue weighted by atomic mass is 32.2. The van der Waals surface area contributed by atoms with E-state index in [1.54, 1.807) is 30.3 Å². The van der Waals surface area contributed by atoms with Gasteiger partial charge >= 0.3 is 5.97 Å². The van der Waals surface area contributed by atoms with Crippen molar-refractivity contribution < 1.29 is 17.9 Å². The summed E-state index contributed by atoms with van der Waals surface area (Å²) in [6.07, 6.45) is 1.15. The standard InChI is InChI=1S/C19H17NO4S/c1-13-9-10-15-6-4-8-17(18(15)20-13)24-19(21)16-7-3-5-14(11-16)12-25(2,22)23/h3-11H,12H2,1-2H3. The average Bonchev–Trinajstić information content (AvgIpc) is 2.54. The van der Waals surface area contributed by atoms with E-state index in [9.17, 15) is 13.2 Å². The van der Waals surface area contributed by atoms with Crippen LogP contribution in [0.5, 0.6) is 5.75 Å². The van der Waals surface area contributed by atoms with Gasteiger partial charge < -0.3 is 4.74 Å². The van der Waals surface area contributed by atoms with Crippen molar-refractivity contribution in [3.8, 4) is 5.75 Å². The van der Waals surface area contributed by atoms with Gasteiger partial charge in [-0.25, -0.2) is 18.2 Å². The molecule has 128 valence electrons. The first-order valence-electron chi connectivity index (χ1n) is 7.67. The van der Waals surface area contributed by atoms with Crippen LogP contribution in [0.3, 0.4) is 0 Å². The quantitative estimate of drug-likeness (QED) is 0.530. The number of ether oxygens (including phenoxy) is 1. The van der Waals surface area contributed by atoms with E-state index in [-0.39, 0.29) is 5.75 Å². The van der Waals surface area contributed by atoms with Crippen molar-refractivity contribution in [2.75, 3.05) is 6.26 Å². The minimum atomic E-state index is -3.17. The zero-order valence-electron chi connectivity index (χ0n) is 13.9. The summed E-state index contributed by atoms with van der Waals surface area (Å²) < 4.78 is 28.4. The zero-order chi connectivity index (χ0) is 18.0. The molecule has 0 bridgehead atoms. The predicted molar refractivity (Wildman–Crippen MR) is 96.4 cm³/mol. The Labute approximate surface area is 146 Å². The topological polar surface area (TPSA) is 73.3 Å². The summed E-state index contributed by atoms with van der Waals surface area (Å²) in [7, 11) is -3.17. The summed E-state index contributed by atoms with van der Waals surface area (Å²) in [5.74, 6) is -0.297. The molecule has 0 saturated heterocycles. The summed E-state index contributed by atoms with van der Waals surface area (Å²) in [5.41, 5.74) is 2.28. The largest absolute Gasteiger partial charge is 0.421 e. The number of esters is 1. The van der Waals surface area contributed by atoms with Gasteiger partial charge in [-0.15, -0.1) is 0 Å². The Morgan fingerprint density at radius 3 is 2.60 bits per heavy atom. The lowest BCUT2D eigenvalue weighted by atomic mass is 10.1. The molecule has 0 unspecified atom stereocenters. The summed E-state index contributed by atoms with van der Waals surface area (Å²) >= 11 is 0. The molecule has 6 heteroatoms. The molecule has 0 N–H and O–H groups in total. The highest BCUT2D eigenvalue weighted by molar-refractivity contribution is 7.89. The molecule has 2 aromatic carbocycles. The number of carbonyl (C=O) groups excluding carboxylic acids is 1. The van der Waals surface area contributed by atoms with E-state index in [0.717, 1.165) is 17.3 Å². The van der Waals surface area contributed by atoms with Crippen molar-refractivity contribution in [2.45, 2.75) is 12.7 Å². The average molecular weight is 355 g/mol. The van der Waals surface area contributed by atoms with E-state index >= 15 is 0 Å². The van der Waals surface area contributed by atoms with Crippen molar-refractivity contribution in [3.05, 3.63) is 71.4 Å². The van der Waals surface area contributed by atoms with Crippen molar-refractivity contribution in [2.24, 2.45) is 0 Å². The molecule has 3 rings (SSSR count). The van der Waals surface area contributed by atoms with Gasteiger partial charge in [0.1, 0.15) is 5.52 Å². The molecule has 0 aliphatic carbocycles. The fraction of sp³-hybridized carbons (Fsp3) is 0.158. The predicted octanol–water partition coefficient (Wildman–Crippen LogP) is 3.31. The van der Waals surface area contributed by atoms with Crippen molar-refractivity contribution >= 4 is 26.7 Å². The Balaban J connectivity index is 1.91. The Hall–Kier alpha value is -2.73. The number of para-hydroxylation sites is 1. The molecule has 1 heterocycles. The summed E-state index contributed by atoms with van der Waals surface area (Å²) in [5, 5.41) is 0.877. The third-order valence-corrected chi connectivity index (χ3v) is 4.47. The molecule has 0 spiro atoms. The molecule has 0 amide bonds. The van der Waals surface area contributed by atoms with Gasteiger partial charge in [0.05, 0.1) is 11.3 Å². The normalized spacial score (nSPS) is 11.4. The fourth-order valence-corrected chi connectivity index (χ4v) is 3.33. The molecule has 0 saturated carbocycles. The van der Waals surface area contributed by atoms with Crippen LogP contribution in [0.15, 0.2) is 54.6 Å². The summed E-state index contributed by atoms with van der Waals surface area (Å²) in [6.45, 7) is 1.87. The summed E-state index contributed by atoms with van der Waals surface area (Å²) in [4.78, 5) is 16.9. The second-order valence-corrected chi connectivity index (χ2v) is 8.08. The van der Waals surface area contributed by atoms with Crippen LogP contribution >= 0.6 is 0 Å². The lowest BCUT2D eigenvalue weighted by molar-refractivity contribution is 0.0736. The number of hydrogen-bond donors (Lipinski definition) is 0. The van der Waals surface area contributed by atoms with Crippen LogP contribution in [-0.4, -0.2) is 25.6 Å².